The maximum absolute atomic E-state index is 12.7. The van der Waals surface area contributed by atoms with Gasteiger partial charge in [-0.3, -0.25) is 0 Å². The van der Waals surface area contributed by atoms with Crippen LogP contribution in [0.1, 0.15) is 23.6 Å². The Balaban J connectivity index is 2.19. The molecular weight excluding hydrogens is 295 g/mol. The Kier molecular flexibility index (Phi) is 5.05. The summed E-state index contributed by atoms with van der Waals surface area (Å²) in [5.74, 6) is 0.493. The zero-order chi connectivity index (χ0) is 16.2. The van der Waals surface area contributed by atoms with Gasteiger partial charge in [0, 0.05) is 12.6 Å². The second kappa shape index (κ2) is 6.81. The molecule has 2 aromatic carbocycles. The standard InChI is InChI=1S/C16H16F3NO2/c17-16(18,19)12-4-2-6-14(10-12)22-13-5-1-3-11(9-13)15(20)7-8-21/h1-6,9-10,15,21H,7-8,20H2. The van der Waals surface area contributed by atoms with Gasteiger partial charge in [0.2, 0.25) is 0 Å². The van der Waals surface area contributed by atoms with Gasteiger partial charge < -0.3 is 15.6 Å². The molecule has 2 aromatic rings. The van der Waals surface area contributed by atoms with Crippen molar-refractivity contribution in [3.05, 3.63) is 59.7 Å². The molecule has 0 aliphatic heterocycles. The van der Waals surface area contributed by atoms with Gasteiger partial charge in [-0.2, -0.15) is 13.2 Å². The molecule has 0 aliphatic rings. The Morgan fingerprint density at radius 2 is 1.68 bits per heavy atom. The summed E-state index contributed by atoms with van der Waals surface area (Å²) in [6.45, 7) is -0.0418. The summed E-state index contributed by atoms with van der Waals surface area (Å²) in [5, 5.41) is 8.89. The maximum atomic E-state index is 12.7. The van der Waals surface area contributed by atoms with Crippen molar-refractivity contribution >= 4 is 0 Å². The van der Waals surface area contributed by atoms with Crippen LogP contribution in [-0.4, -0.2) is 11.7 Å². The highest BCUT2D eigenvalue weighted by atomic mass is 19.4. The molecule has 0 heterocycles. The van der Waals surface area contributed by atoms with E-state index in [1.165, 1.54) is 12.1 Å². The Hall–Kier alpha value is -2.05. The number of alkyl halides is 3. The molecule has 0 bridgehead atoms. The third-order valence-electron chi connectivity index (χ3n) is 3.12. The van der Waals surface area contributed by atoms with E-state index in [0.717, 1.165) is 17.7 Å². The highest BCUT2D eigenvalue weighted by Gasteiger charge is 2.30. The fourth-order valence-electron chi connectivity index (χ4n) is 1.99. The van der Waals surface area contributed by atoms with Crippen molar-refractivity contribution in [1.82, 2.24) is 0 Å². The molecule has 1 unspecified atom stereocenters. The van der Waals surface area contributed by atoms with Gasteiger partial charge in [-0.05, 0) is 42.3 Å². The van der Waals surface area contributed by atoms with E-state index in [-0.39, 0.29) is 18.4 Å². The summed E-state index contributed by atoms with van der Waals surface area (Å²) in [4.78, 5) is 0. The average molecular weight is 311 g/mol. The van der Waals surface area contributed by atoms with Crippen LogP contribution in [0.25, 0.3) is 0 Å². The molecule has 22 heavy (non-hydrogen) atoms. The summed E-state index contributed by atoms with van der Waals surface area (Å²) >= 11 is 0. The fourth-order valence-corrected chi connectivity index (χ4v) is 1.99. The number of halogens is 3. The quantitative estimate of drug-likeness (QED) is 0.881. The monoisotopic (exact) mass is 311 g/mol. The smallest absolute Gasteiger partial charge is 0.416 e. The number of ether oxygens (including phenoxy) is 1. The zero-order valence-corrected chi connectivity index (χ0v) is 11.7. The predicted octanol–water partition coefficient (Wildman–Crippen LogP) is 3.88. The lowest BCUT2D eigenvalue weighted by atomic mass is 10.1. The van der Waals surface area contributed by atoms with E-state index in [1.54, 1.807) is 24.3 Å². The third kappa shape index (κ3) is 4.22. The van der Waals surface area contributed by atoms with Crippen LogP contribution >= 0.6 is 0 Å². The molecule has 0 amide bonds. The second-order valence-corrected chi connectivity index (χ2v) is 4.82. The van der Waals surface area contributed by atoms with Gasteiger partial charge in [-0.15, -0.1) is 0 Å². The maximum Gasteiger partial charge on any atom is 0.416 e. The number of hydrogen-bond acceptors (Lipinski definition) is 3. The summed E-state index contributed by atoms with van der Waals surface area (Å²) < 4.78 is 43.5. The molecule has 0 spiro atoms. The minimum atomic E-state index is -4.41. The Labute approximate surface area is 126 Å². The van der Waals surface area contributed by atoms with Gasteiger partial charge in [0.05, 0.1) is 5.56 Å². The molecule has 0 aliphatic carbocycles. The minimum absolute atomic E-state index is 0.0418. The molecule has 0 saturated heterocycles. The van der Waals surface area contributed by atoms with Crippen LogP contribution in [0.15, 0.2) is 48.5 Å². The van der Waals surface area contributed by atoms with Crippen molar-refractivity contribution in [3.8, 4) is 11.5 Å². The van der Waals surface area contributed by atoms with Crippen LogP contribution in [0, 0.1) is 0 Å². The van der Waals surface area contributed by atoms with Gasteiger partial charge >= 0.3 is 6.18 Å². The first-order chi connectivity index (χ1) is 10.4. The molecule has 0 radical (unpaired) electrons. The van der Waals surface area contributed by atoms with E-state index < -0.39 is 11.7 Å². The lowest BCUT2D eigenvalue weighted by Crippen LogP contribution is -2.11. The van der Waals surface area contributed by atoms with Crippen molar-refractivity contribution in [2.24, 2.45) is 5.73 Å². The topological polar surface area (TPSA) is 55.5 Å². The van der Waals surface area contributed by atoms with Gasteiger partial charge in [-0.1, -0.05) is 18.2 Å². The van der Waals surface area contributed by atoms with Crippen LogP contribution in [0.2, 0.25) is 0 Å². The molecule has 0 aromatic heterocycles. The molecule has 1 atom stereocenters. The van der Waals surface area contributed by atoms with Crippen molar-refractivity contribution in [2.45, 2.75) is 18.6 Å². The first-order valence-electron chi connectivity index (χ1n) is 6.71. The number of aliphatic hydroxyl groups is 1. The van der Waals surface area contributed by atoms with E-state index in [9.17, 15) is 13.2 Å². The van der Waals surface area contributed by atoms with E-state index in [2.05, 4.69) is 0 Å². The van der Waals surface area contributed by atoms with E-state index in [4.69, 9.17) is 15.6 Å². The van der Waals surface area contributed by atoms with Gasteiger partial charge in [-0.25, -0.2) is 0 Å². The van der Waals surface area contributed by atoms with Crippen LogP contribution < -0.4 is 10.5 Å². The molecule has 118 valence electrons. The predicted molar refractivity (Wildman–Crippen MR) is 76.6 cm³/mol. The first-order valence-corrected chi connectivity index (χ1v) is 6.71. The minimum Gasteiger partial charge on any atom is -0.457 e. The van der Waals surface area contributed by atoms with Crippen LogP contribution in [-0.2, 0) is 6.18 Å². The Morgan fingerprint density at radius 3 is 2.32 bits per heavy atom. The number of aliphatic hydroxyl groups excluding tert-OH is 1. The average Bonchev–Trinajstić information content (AvgIpc) is 2.47. The van der Waals surface area contributed by atoms with Gasteiger partial charge in [0.15, 0.2) is 0 Å². The van der Waals surface area contributed by atoms with E-state index >= 15 is 0 Å². The van der Waals surface area contributed by atoms with Gasteiger partial charge in [0.1, 0.15) is 11.5 Å². The zero-order valence-electron chi connectivity index (χ0n) is 11.7. The normalized spacial score (nSPS) is 13.0. The van der Waals surface area contributed by atoms with E-state index in [1.807, 2.05) is 0 Å². The van der Waals surface area contributed by atoms with Crippen LogP contribution in [0.5, 0.6) is 11.5 Å². The first kappa shape index (κ1) is 16.3. The highest BCUT2D eigenvalue weighted by molar-refractivity contribution is 5.37. The molecule has 0 saturated carbocycles. The largest absolute Gasteiger partial charge is 0.457 e. The Bertz CT molecular complexity index is 629. The summed E-state index contributed by atoms with van der Waals surface area (Å²) in [6, 6.07) is 11.1. The molecular formula is C16H16F3NO2. The summed E-state index contributed by atoms with van der Waals surface area (Å²) in [6.07, 6.45) is -4.02. The summed E-state index contributed by atoms with van der Waals surface area (Å²) in [5.41, 5.74) is 5.87. The van der Waals surface area contributed by atoms with Crippen LogP contribution in [0.3, 0.4) is 0 Å². The molecule has 3 nitrogen and oxygen atoms in total. The SMILES string of the molecule is NC(CCO)c1cccc(Oc2cccc(C(F)(F)F)c2)c1. The van der Waals surface area contributed by atoms with Gasteiger partial charge in [0.25, 0.3) is 0 Å². The van der Waals surface area contributed by atoms with Crippen molar-refractivity contribution in [2.75, 3.05) is 6.61 Å². The number of hydrogen-bond donors (Lipinski definition) is 2. The molecule has 0 fully saturated rings. The lowest BCUT2D eigenvalue weighted by molar-refractivity contribution is -0.137. The highest BCUT2D eigenvalue weighted by Crippen LogP contribution is 2.33. The lowest BCUT2D eigenvalue weighted by Gasteiger charge is -2.13. The van der Waals surface area contributed by atoms with Crippen molar-refractivity contribution in [3.63, 3.8) is 0 Å². The summed E-state index contributed by atoms with van der Waals surface area (Å²) in [7, 11) is 0. The van der Waals surface area contributed by atoms with Crippen molar-refractivity contribution < 1.29 is 23.0 Å². The second-order valence-electron chi connectivity index (χ2n) is 4.82. The number of benzene rings is 2. The third-order valence-corrected chi connectivity index (χ3v) is 3.12. The fraction of sp³-hybridized carbons (Fsp3) is 0.250. The molecule has 3 N–H and O–H groups in total. The van der Waals surface area contributed by atoms with E-state index in [0.29, 0.717) is 12.2 Å². The molecule has 6 heteroatoms. The molecule has 2 rings (SSSR count). The van der Waals surface area contributed by atoms with Crippen LogP contribution in [0.4, 0.5) is 13.2 Å². The number of nitrogens with two attached hydrogens (primary N) is 1. The van der Waals surface area contributed by atoms with Crippen molar-refractivity contribution in [1.29, 1.82) is 0 Å². The Morgan fingerprint density at radius 1 is 1.05 bits per heavy atom. The number of rotatable bonds is 5.